The van der Waals surface area contributed by atoms with Crippen molar-refractivity contribution in [2.75, 3.05) is 27.3 Å². The Labute approximate surface area is 116 Å². The summed E-state index contributed by atoms with van der Waals surface area (Å²) in [4.78, 5) is 8.41. The first-order valence-corrected chi connectivity index (χ1v) is 6.22. The Morgan fingerprint density at radius 1 is 1.50 bits per heavy atom. The van der Waals surface area contributed by atoms with Crippen molar-refractivity contribution in [3.63, 3.8) is 0 Å². The molecule has 2 rings (SSSR count). The van der Waals surface area contributed by atoms with Gasteiger partial charge in [-0.3, -0.25) is 10.1 Å². The van der Waals surface area contributed by atoms with E-state index in [1.54, 1.807) is 26.5 Å². The molecule has 0 fully saturated rings. The largest absolute Gasteiger partial charge is 0.461 e. The van der Waals surface area contributed by atoms with E-state index in [9.17, 15) is 0 Å². The van der Waals surface area contributed by atoms with E-state index in [1.807, 2.05) is 6.07 Å². The van der Waals surface area contributed by atoms with Crippen LogP contribution in [0.5, 0.6) is 0 Å². The Morgan fingerprint density at radius 2 is 2.40 bits per heavy atom. The summed E-state index contributed by atoms with van der Waals surface area (Å²) in [5, 5.41) is 13.2. The predicted octanol–water partition coefficient (Wildman–Crippen LogP) is 0.376. The van der Waals surface area contributed by atoms with E-state index in [0.29, 0.717) is 43.1 Å². The number of nitrogens with one attached hydrogen (secondary N) is 3. The van der Waals surface area contributed by atoms with Crippen molar-refractivity contribution >= 4 is 5.96 Å². The Bertz CT molecular complexity index is 534. The van der Waals surface area contributed by atoms with Gasteiger partial charge in [-0.05, 0) is 12.1 Å². The van der Waals surface area contributed by atoms with Gasteiger partial charge in [0, 0.05) is 20.7 Å². The summed E-state index contributed by atoms with van der Waals surface area (Å²) in [6, 6.07) is 3.61. The molecule has 0 aliphatic carbocycles. The first-order chi connectivity index (χ1) is 9.83. The second kappa shape index (κ2) is 7.29. The van der Waals surface area contributed by atoms with E-state index in [2.05, 4.69) is 30.8 Å². The number of H-pyrrole nitrogens is 1. The standard InChI is InChI=1S/C12H18N6O2/c1-13-12(14-5-7-19-2)15-8-10-16-11(18-17-10)9-4-3-6-20-9/h3-4,6H,5,7-8H2,1-2H3,(H2,13,14,15)(H,16,17,18). The highest BCUT2D eigenvalue weighted by atomic mass is 16.5. The van der Waals surface area contributed by atoms with Gasteiger partial charge in [0.05, 0.1) is 19.4 Å². The zero-order chi connectivity index (χ0) is 14.2. The SMILES string of the molecule is CN=C(NCCOC)NCc1nc(-c2ccco2)n[nH]1. The van der Waals surface area contributed by atoms with Crippen molar-refractivity contribution in [1.29, 1.82) is 0 Å². The van der Waals surface area contributed by atoms with Crippen molar-refractivity contribution in [1.82, 2.24) is 25.8 Å². The van der Waals surface area contributed by atoms with Crippen LogP contribution >= 0.6 is 0 Å². The van der Waals surface area contributed by atoms with Crippen LogP contribution in [0.4, 0.5) is 0 Å². The summed E-state index contributed by atoms with van der Waals surface area (Å²) < 4.78 is 10.2. The molecular weight excluding hydrogens is 260 g/mol. The maximum absolute atomic E-state index is 5.23. The van der Waals surface area contributed by atoms with Gasteiger partial charge in [0.1, 0.15) is 5.82 Å². The summed E-state index contributed by atoms with van der Waals surface area (Å²) in [5.41, 5.74) is 0. The molecule has 0 saturated heterocycles. The minimum absolute atomic E-state index is 0.486. The monoisotopic (exact) mass is 278 g/mol. The number of ether oxygens (including phenoxy) is 1. The average molecular weight is 278 g/mol. The molecule has 0 saturated carbocycles. The van der Waals surface area contributed by atoms with Crippen LogP contribution in [0.3, 0.4) is 0 Å². The number of aliphatic imine (C=N–C) groups is 1. The van der Waals surface area contributed by atoms with Crippen molar-refractivity contribution in [2.45, 2.75) is 6.54 Å². The fraction of sp³-hybridized carbons (Fsp3) is 0.417. The third-order valence-corrected chi connectivity index (χ3v) is 2.52. The number of rotatable bonds is 6. The molecule has 0 amide bonds. The highest BCUT2D eigenvalue weighted by molar-refractivity contribution is 5.79. The third kappa shape index (κ3) is 3.82. The van der Waals surface area contributed by atoms with Gasteiger partial charge in [0.15, 0.2) is 11.7 Å². The Morgan fingerprint density at radius 3 is 3.10 bits per heavy atom. The van der Waals surface area contributed by atoms with E-state index in [4.69, 9.17) is 9.15 Å². The lowest BCUT2D eigenvalue weighted by molar-refractivity contribution is 0.203. The van der Waals surface area contributed by atoms with Gasteiger partial charge in [-0.25, -0.2) is 4.98 Å². The molecule has 0 atom stereocenters. The quantitative estimate of drug-likeness (QED) is 0.401. The van der Waals surface area contributed by atoms with Crippen LogP contribution in [0, 0.1) is 0 Å². The Balaban J connectivity index is 1.84. The van der Waals surface area contributed by atoms with Gasteiger partial charge in [-0.2, -0.15) is 0 Å². The number of methoxy groups -OCH3 is 1. The van der Waals surface area contributed by atoms with Crippen LogP contribution in [0.2, 0.25) is 0 Å². The van der Waals surface area contributed by atoms with Crippen molar-refractivity contribution in [3.8, 4) is 11.6 Å². The zero-order valence-corrected chi connectivity index (χ0v) is 11.5. The number of guanidine groups is 1. The molecule has 2 aromatic rings. The molecule has 8 heteroatoms. The van der Waals surface area contributed by atoms with Crippen LogP contribution in [0.15, 0.2) is 27.8 Å². The molecule has 2 aromatic heterocycles. The van der Waals surface area contributed by atoms with Crippen LogP contribution in [-0.4, -0.2) is 48.5 Å². The van der Waals surface area contributed by atoms with Crippen molar-refractivity contribution in [3.05, 3.63) is 24.2 Å². The van der Waals surface area contributed by atoms with E-state index >= 15 is 0 Å². The van der Waals surface area contributed by atoms with Crippen molar-refractivity contribution in [2.24, 2.45) is 4.99 Å². The van der Waals surface area contributed by atoms with E-state index < -0.39 is 0 Å². The lowest BCUT2D eigenvalue weighted by Gasteiger charge is -2.09. The summed E-state index contributed by atoms with van der Waals surface area (Å²) in [6.45, 7) is 1.79. The molecule has 8 nitrogen and oxygen atoms in total. The van der Waals surface area contributed by atoms with Gasteiger partial charge in [0.25, 0.3) is 0 Å². The van der Waals surface area contributed by atoms with Gasteiger partial charge < -0.3 is 19.8 Å². The topological polar surface area (TPSA) is 100 Å². The maximum Gasteiger partial charge on any atom is 0.216 e. The molecule has 20 heavy (non-hydrogen) atoms. The highest BCUT2D eigenvalue weighted by Gasteiger charge is 2.08. The van der Waals surface area contributed by atoms with E-state index in [-0.39, 0.29) is 0 Å². The minimum Gasteiger partial charge on any atom is -0.461 e. The summed E-state index contributed by atoms with van der Waals surface area (Å²) in [6.07, 6.45) is 1.59. The molecule has 108 valence electrons. The molecule has 0 radical (unpaired) electrons. The molecule has 0 aromatic carbocycles. The van der Waals surface area contributed by atoms with Crippen molar-refractivity contribution < 1.29 is 9.15 Å². The highest BCUT2D eigenvalue weighted by Crippen LogP contribution is 2.13. The number of hydrogen-bond donors (Lipinski definition) is 3. The smallest absolute Gasteiger partial charge is 0.216 e. The van der Waals surface area contributed by atoms with E-state index in [0.717, 1.165) is 0 Å². The molecule has 0 aliphatic heterocycles. The molecular formula is C12H18N6O2. The van der Waals surface area contributed by atoms with Gasteiger partial charge >= 0.3 is 0 Å². The van der Waals surface area contributed by atoms with Crippen LogP contribution in [0.1, 0.15) is 5.82 Å². The lowest BCUT2D eigenvalue weighted by Crippen LogP contribution is -2.38. The number of aromatic amines is 1. The Hall–Kier alpha value is -2.35. The fourth-order valence-corrected chi connectivity index (χ4v) is 1.55. The van der Waals surface area contributed by atoms with Gasteiger partial charge in [0.2, 0.25) is 5.82 Å². The molecule has 2 heterocycles. The van der Waals surface area contributed by atoms with E-state index in [1.165, 1.54) is 0 Å². The third-order valence-electron chi connectivity index (χ3n) is 2.52. The first-order valence-electron chi connectivity index (χ1n) is 6.22. The number of hydrogen-bond acceptors (Lipinski definition) is 5. The van der Waals surface area contributed by atoms with Crippen LogP contribution in [0.25, 0.3) is 11.6 Å². The second-order valence-corrected chi connectivity index (χ2v) is 3.93. The van der Waals surface area contributed by atoms with Crippen LogP contribution in [-0.2, 0) is 11.3 Å². The summed E-state index contributed by atoms with van der Waals surface area (Å²) >= 11 is 0. The number of nitrogens with zero attached hydrogens (tertiary/aromatic N) is 3. The molecule has 0 aliphatic rings. The van der Waals surface area contributed by atoms with Gasteiger partial charge in [-0.1, -0.05) is 0 Å². The first kappa shape index (κ1) is 14.1. The molecule has 0 spiro atoms. The molecule has 0 unspecified atom stereocenters. The average Bonchev–Trinajstić information content (AvgIpc) is 3.12. The fourth-order valence-electron chi connectivity index (χ4n) is 1.55. The molecule has 0 bridgehead atoms. The molecule has 3 N–H and O–H groups in total. The Kier molecular flexibility index (Phi) is 5.13. The van der Waals surface area contributed by atoms with Gasteiger partial charge in [-0.15, -0.1) is 5.10 Å². The second-order valence-electron chi connectivity index (χ2n) is 3.93. The zero-order valence-electron chi connectivity index (χ0n) is 11.5. The number of aromatic nitrogens is 3. The van der Waals surface area contributed by atoms with Crippen LogP contribution < -0.4 is 10.6 Å². The predicted molar refractivity (Wildman–Crippen MR) is 74.2 cm³/mol. The summed E-state index contributed by atoms with van der Waals surface area (Å²) in [5.74, 6) is 2.55. The lowest BCUT2D eigenvalue weighted by atomic mass is 10.4. The normalized spacial score (nSPS) is 11.6. The summed E-state index contributed by atoms with van der Waals surface area (Å²) in [7, 11) is 3.36. The minimum atomic E-state index is 0.486. The maximum atomic E-state index is 5.23. The number of furan rings is 1.